The Bertz CT molecular complexity index is 1570. The first-order chi connectivity index (χ1) is 18.3. The summed E-state index contributed by atoms with van der Waals surface area (Å²) in [5, 5.41) is 0.854. The molecule has 3 aromatic heterocycles. The zero-order valence-electron chi connectivity index (χ0n) is 21.6. The van der Waals surface area contributed by atoms with Crippen LogP contribution in [0, 0.1) is 5.82 Å². The van der Waals surface area contributed by atoms with Crippen molar-refractivity contribution in [3.05, 3.63) is 82.4 Å². The normalized spacial score (nSPS) is 16.4. The van der Waals surface area contributed by atoms with Gasteiger partial charge in [0.1, 0.15) is 23.8 Å². The molecule has 1 aliphatic rings. The molecule has 4 aromatic rings. The van der Waals surface area contributed by atoms with Crippen LogP contribution in [0.1, 0.15) is 32.3 Å². The lowest BCUT2D eigenvalue weighted by atomic mass is 10.1. The van der Waals surface area contributed by atoms with Crippen molar-refractivity contribution in [1.82, 2.24) is 29.4 Å². The topological polar surface area (TPSA) is 80.0 Å². The molecule has 1 aromatic carbocycles. The van der Waals surface area contributed by atoms with Crippen molar-refractivity contribution >= 4 is 28.5 Å². The molecule has 0 radical (unpaired) electrons. The van der Waals surface area contributed by atoms with E-state index in [9.17, 15) is 9.18 Å². The molecule has 1 atom stereocenters. The maximum Gasteiger partial charge on any atom is 0.357 e. The predicted octanol–water partition coefficient (Wildman–Crippen LogP) is 4.85. The van der Waals surface area contributed by atoms with E-state index >= 15 is 0 Å². The van der Waals surface area contributed by atoms with Crippen LogP contribution in [-0.2, 0) is 0 Å². The fourth-order valence-electron chi connectivity index (χ4n) is 4.98. The van der Waals surface area contributed by atoms with Crippen molar-refractivity contribution < 1.29 is 4.39 Å². The Kier molecular flexibility index (Phi) is 7.23. The summed E-state index contributed by atoms with van der Waals surface area (Å²) in [7, 11) is 0. The minimum Gasteiger partial charge on any atom is -0.351 e. The highest BCUT2D eigenvalue weighted by Gasteiger charge is 2.29. The number of halogens is 2. The lowest BCUT2D eigenvalue weighted by Crippen LogP contribution is -2.52. The molecule has 1 fully saturated rings. The van der Waals surface area contributed by atoms with Gasteiger partial charge in [0.15, 0.2) is 5.65 Å². The van der Waals surface area contributed by atoms with Crippen LogP contribution in [0.15, 0.2) is 60.3 Å². The fraction of sp³-hybridized carbons (Fsp3) is 0.321. The maximum absolute atomic E-state index is 14.8. The van der Waals surface area contributed by atoms with Gasteiger partial charge >= 0.3 is 5.69 Å². The van der Waals surface area contributed by atoms with E-state index < -0.39 is 11.5 Å². The van der Waals surface area contributed by atoms with E-state index in [-0.39, 0.29) is 28.2 Å². The van der Waals surface area contributed by atoms with Crippen molar-refractivity contribution in [2.45, 2.75) is 32.7 Å². The largest absolute Gasteiger partial charge is 0.357 e. The van der Waals surface area contributed by atoms with Crippen molar-refractivity contribution in [2.75, 3.05) is 31.1 Å². The summed E-state index contributed by atoms with van der Waals surface area (Å²) in [5.74, 6) is 0.467. The van der Waals surface area contributed by atoms with E-state index in [0.717, 1.165) is 25.2 Å². The number of aromatic nitrogens is 5. The molecular formula is C28H29ClFN7O. The number of pyridine rings is 1. The van der Waals surface area contributed by atoms with Gasteiger partial charge in [-0.05, 0) is 31.0 Å². The van der Waals surface area contributed by atoms with E-state index in [4.69, 9.17) is 16.6 Å². The zero-order valence-corrected chi connectivity index (χ0v) is 22.4. The van der Waals surface area contributed by atoms with E-state index in [0.29, 0.717) is 29.2 Å². The van der Waals surface area contributed by atoms with Gasteiger partial charge in [-0.1, -0.05) is 43.7 Å². The van der Waals surface area contributed by atoms with E-state index in [1.54, 1.807) is 30.5 Å². The molecule has 0 amide bonds. The molecule has 0 aliphatic carbocycles. The lowest BCUT2D eigenvalue weighted by Gasteiger charge is -2.40. The maximum atomic E-state index is 14.8. The Balaban J connectivity index is 1.79. The van der Waals surface area contributed by atoms with Crippen molar-refractivity contribution in [2.24, 2.45) is 0 Å². The summed E-state index contributed by atoms with van der Waals surface area (Å²) < 4.78 is 16.2. The van der Waals surface area contributed by atoms with Crippen molar-refractivity contribution in [1.29, 1.82) is 0 Å². The highest BCUT2D eigenvalue weighted by atomic mass is 35.5. The Labute approximate surface area is 225 Å². The summed E-state index contributed by atoms with van der Waals surface area (Å²) in [4.78, 5) is 36.1. The van der Waals surface area contributed by atoms with Crippen LogP contribution in [0.5, 0.6) is 0 Å². The molecule has 0 unspecified atom stereocenters. The number of nitrogens with zero attached hydrogens (tertiary/aromatic N) is 7. The summed E-state index contributed by atoms with van der Waals surface area (Å²) in [5.41, 5.74) is 1.04. The second kappa shape index (κ2) is 10.6. The summed E-state index contributed by atoms with van der Waals surface area (Å²) in [6.45, 7) is 13.0. The van der Waals surface area contributed by atoms with E-state index in [1.807, 2.05) is 19.9 Å². The molecule has 0 spiro atoms. The SMILES string of the molecule is C=CCN1CCN(c2nc(=O)n(-c3ncncc3C(C)C)c3nc(-c4ccccc4F)c(Cl)cc23)[C@@H](C)C1. The highest BCUT2D eigenvalue weighted by Crippen LogP contribution is 2.35. The van der Waals surface area contributed by atoms with Crippen molar-refractivity contribution in [3.63, 3.8) is 0 Å². The molecule has 38 heavy (non-hydrogen) atoms. The number of hydrogen-bond acceptors (Lipinski definition) is 7. The Morgan fingerprint density at radius 1 is 1.21 bits per heavy atom. The molecule has 0 bridgehead atoms. The van der Waals surface area contributed by atoms with Gasteiger partial charge in [-0.3, -0.25) is 4.90 Å². The number of rotatable bonds is 6. The molecule has 0 N–H and O–H groups in total. The molecule has 196 valence electrons. The van der Waals surface area contributed by atoms with Crippen LogP contribution in [-0.4, -0.2) is 61.6 Å². The molecule has 10 heteroatoms. The van der Waals surface area contributed by atoms with Crippen LogP contribution >= 0.6 is 11.6 Å². The van der Waals surface area contributed by atoms with Gasteiger partial charge < -0.3 is 4.90 Å². The fourth-order valence-corrected chi connectivity index (χ4v) is 5.23. The second-order valence-electron chi connectivity index (χ2n) is 9.77. The number of hydrogen-bond donors (Lipinski definition) is 0. The van der Waals surface area contributed by atoms with E-state index in [1.165, 1.54) is 17.0 Å². The molecular weight excluding hydrogens is 505 g/mol. The Hall–Kier alpha value is -3.69. The minimum atomic E-state index is -0.525. The van der Waals surface area contributed by atoms with Gasteiger partial charge in [0, 0.05) is 49.5 Å². The summed E-state index contributed by atoms with van der Waals surface area (Å²) >= 11 is 6.73. The van der Waals surface area contributed by atoms with Crippen LogP contribution in [0.2, 0.25) is 5.02 Å². The van der Waals surface area contributed by atoms with Crippen LogP contribution in [0.25, 0.3) is 28.1 Å². The summed E-state index contributed by atoms with van der Waals surface area (Å²) in [6.07, 6.45) is 4.97. The molecule has 5 rings (SSSR count). The third-order valence-electron chi connectivity index (χ3n) is 6.85. The van der Waals surface area contributed by atoms with Gasteiger partial charge in [0.2, 0.25) is 0 Å². The highest BCUT2D eigenvalue weighted by molar-refractivity contribution is 6.33. The quantitative estimate of drug-likeness (QED) is 0.328. The second-order valence-corrected chi connectivity index (χ2v) is 10.2. The molecule has 0 saturated carbocycles. The molecule has 1 aliphatic heterocycles. The first kappa shape index (κ1) is 25.9. The zero-order chi connectivity index (χ0) is 27.0. The average Bonchev–Trinajstić information content (AvgIpc) is 2.89. The van der Waals surface area contributed by atoms with Crippen molar-refractivity contribution in [3.8, 4) is 17.1 Å². The van der Waals surface area contributed by atoms with Gasteiger partial charge in [-0.15, -0.1) is 6.58 Å². The Morgan fingerprint density at radius 2 is 2.00 bits per heavy atom. The smallest absolute Gasteiger partial charge is 0.351 e. The van der Waals surface area contributed by atoms with Gasteiger partial charge in [0.25, 0.3) is 0 Å². The summed E-state index contributed by atoms with van der Waals surface area (Å²) in [6, 6.07) is 8.10. The van der Waals surface area contributed by atoms with Gasteiger partial charge in [0.05, 0.1) is 16.1 Å². The third kappa shape index (κ3) is 4.68. The van der Waals surface area contributed by atoms with Crippen LogP contribution in [0.3, 0.4) is 0 Å². The monoisotopic (exact) mass is 533 g/mol. The first-order valence-electron chi connectivity index (χ1n) is 12.6. The molecule has 4 heterocycles. The van der Waals surface area contributed by atoms with Crippen LogP contribution in [0.4, 0.5) is 10.2 Å². The average molecular weight is 534 g/mol. The Morgan fingerprint density at radius 3 is 2.71 bits per heavy atom. The number of benzene rings is 1. The number of fused-ring (bicyclic) bond motifs is 1. The van der Waals surface area contributed by atoms with Crippen LogP contribution < -0.4 is 10.6 Å². The molecule has 8 nitrogen and oxygen atoms in total. The van der Waals surface area contributed by atoms with Gasteiger partial charge in [-0.25, -0.2) is 28.7 Å². The number of piperazine rings is 1. The van der Waals surface area contributed by atoms with E-state index in [2.05, 4.69) is 38.3 Å². The standard InChI is InChI=1S/C28H29ClFN7O/c1-5-10-35-11-12-36(18(4)15-35)26-20-13-22(29)24(19-8-6-7-9-23(19)30)33-27(20)37(28(38)34-26)25-21(17(2)3)14-31-16-32-25/h5-9,13-14,16-18H,1,10-12,15H2,2-4H3/t18-/m0/s1. The van der Waals surface area contributed by atoms with Gasteiger partial charge in [-0.2, -0.15) is 4.98 Å². The predicted molar refractivity (Wildman–Crippen MR) is 149 cm³/mol. The third-order valence-corrected chi connectivity index (χ3v) is 7.14. The minimum absolute atomic E-state index is 0.0316. The number of anilines is 1. The lowest BCUT2D eigenvalue weighted by molar-refractivity contribution is 0.250. The molecule has 1 saturated heterocycles. The first-order valence-corrected chi connectivity index (χ1v) is 13.0.